The van der Waals surface area contributed by atoms with E-state index in [-0.39, 0.29) is 5.54 Å². The minimum atomic E-state index is 0.258. The van der Waals surface area contributed by atoms with Gasteiger partial charge in [0.25, 0.3) is 0 Å². The molecule has 76 valence electrons. The molecule has 0 bridgehead atoms. The van der Waals surface area contributed by atoms with Crippen molar-refractivity contribution in [1.29, 1.82) is 0 Å². The number of pyridine rings is 1. The van der Waals surface area contributed by atoms with Crippen molar-refractivity contribution >= 4 is 0 Å². The summed E-state index contributed by atoms with van der Waals surface area (Å²) >= 11 is 0. The van der Waals surface area contributed by atoms with E-state index in [2.05, 4.69) is 32.1 Å². The Morgan fingerprint density at radius 1 is 1.43 bits per heavy atom. The van der Waals surface area contributed by atoms with Crippen molar-refractivity contribution in [2.24, 2.45) is 0 Å². The lowest BCUT2D eigenvalue weighted by molar-refractivity contribution is -0.934. The molecule has 0 radical (unpaired) electrons. The highest BCUT2D eigenvalue weighted by Crippen LogP contribution is 2.41. The zero-order valence-electron chi connectivity index (χ0n) is 9.33. The monoisotopic (exact) mass is 191 g/mol. The van der Waals surface area contributed by atoms with E-state index >= 15 is 0 Å². The van der Waals surface area contributed by atoms with Gasteiger partial charge >= 0.3 is 0 Å². The molecular formula is C12H19N2+. The molecule has 1 aliphatic heterocycles. The average Bonchev–Trinajstić information content (AvgIpc) is 2.44. The van der Waals surface area contributed by atoms with Gasteiger partial charge in [-0.2, -0.15) is 0 Å². The van der Waals surface area contributed by atoms with E-state index in [4.69, 9.17) is 0 Å². The molecule has 1 saturated heterocycles. The molecule has 0 amide bonds. The van der Waals surface area contributed by atoms with E-state index in [1.54, 1.807) is 0 Å². The van der Waals surface area contributed by atoms with Gasteiger partial charge in [-0.1, -0.05) is 0 Å². The molecule has 1 aromatic rings. The first-order chi connectivity index (χ1) is 6.56. The number of rotatable bonds is 1. The Morgan fingerprint density at radius 3 is 2.71 bits per heavy atom. The Hall–Kier alpha value is -0.890. The highest BCUT2D eigenvalue weighted by Gasteiger charge is 2.47. The van der Waals surface area contributed by atoms with Crippen LogP contribution in [-0.4, -0.2) is 30.1 Å². The van der Waals surface area contributed by atoms with Crippen LogP contribution in [0.4, 0.5) is 0 Å². The van der Waals surface area contributed by atoms with Crippen molar-refractivity contribution in [2.45, 2.75) is 25.3 Å². The molecule has 0 aromatic carbocycles. The van der Waals surface area contributed by atoms with Crippen molar-refractivity contribution < 1.29 is 4.48 Å². The van der Waals surface area contributed by atoms with Crippen molar-refractivity contribution in [3.63, 3.8) is 0 Å². The van der Waals surface area contributed by atoms with Crippen LogP contribution in [0.15, 0.2) is 24.5 Å². The predicted octanol–water partition coefficient (Wildman–Crippen LogP) is 2.17. The second-order valence-corrected chi connectivity index (χ2v) is 5.03. The topological polar surface area (TPSA) is 12.9 Å². The molecule has 0 N–H and O–H groups in total. The first-order valence-corrected chi connectivity index (χ1v) is 5.30. The van der Waals surface area contributed by atoms with Gasteiger partial charge in [0.2, 0.25) is 0 Å². The van der Waals surface area contributed by atoms with Crippen LogP contribution in [0.2, 0.25) is 0 Å². The SMILES string of the molecule is CC1(c2cccnc2)CCC[N+]1(C)C. The van der Waals surface area contributed by atoms with E-state index in [0.717, 1.165) is 4.48 Å². The fourth-order valence-corrected chi connectivity index (χ4v) is 2.54. The maximum atomic E-state index is 4.23. The molecule has 2 nitrogen and oxygen atoms in total. The minimum Gasteiger partial charge on any atom is -0.320 e. The Morgan fingerprint density at radius 2 is 2.21 bits per heavy atom. The molecule has 1 aliphatic rings. The number of nitrogens with zero attached hydrogens (tertiary/aromatic N) is 2. The summed E-state index contributed by atoms with van der Waals surface area (Å²) in [6.07, 6.45) is 6.46. The molecule has 2 rings (SSSR count). The zero-order chi connectivity index (χ0) is 10.2. The third kappa shape index (κ3) is 1.25. The molecule has 14 heavy (non-hydrogen) atoms. The van der Waals surface area contributed by atoms with Crippen molar-refractivity contribution in [2.75, 3.05) is 20.6 Å². The van der Waals surface area contributed by atoms with Gasteiger partial charge in [-0.25, -0.2) is 0 Å². The molecule has 0 aliphatic carbocycles. The first-order valence-electron chi connectivity index (χ1n) is 5.30. The smallest absolute Gasteiger partial charge is 0.123 e. The minimum absolute atomic E-state index is 0.258. The van der Waals surface area contributed by atoms with Gasteiger partial charge < -0.3 is 4.48 Å². The van der Waals surface area contributed by atoms with Crippen LogP contribution in [0.5, 0.6) is 0 Å². The highest BCUT2D eigenvalue weighted by atomic mass is 15.4. The molecule has 1 fully saturated rings. The molecule has 0 saturated carbocycles. The van der Waals surface area contributed by atoms with E-state index in [1.807, 2.05) is 18.5 Å². The maximum absolute atomic E-state index is 4.23. The Bertz CT molecular complexity index is 318. The van der Waals surface area contributed by atoms with E-state index in [0.29, 0.717) is 0 Å². The van der Waals surface area contributed by atoms with Crippen molar-refractivity contribution in [3.05, 3.63) is 30.1 Å². The highest BCUT2D eigenvalue weighted by molar-refractivity contribution is 5.18. The summed E-state index contributed by atoms with van der Waals surface area (Å²) < 4.78 is 1.08. The molecule has 2 heteroatoms. The third-order valence-corrected chi connectivity index (χ3v) is 4.00. The van der Waals surface area contributed by atoms with Gasteiger partial charge in [-0.15, -0.1) is 0 Å². The summed E-state index contributed by atoms with van der Waals surface area (Å²) in [5.74, 6) is 0. The fraction of sp³-hybridized carbons (Fsp3) is 0.583. The van der Waals surface area contributed by atoms with Gasteiger partial charge in [0.1, 0.15) is 5.54 Å². The van der Waals surface area contributed by atoms with Crippen LogP contribution in [0.25, 0.3) is 0 Å². The van der Waals surface area contributed by atoms with Crippen LogP contribution in [0, 0.1) is 0 Å². The Balaban J connectivity index is 2.42. The number of quaternary nitrogens is 1. The third-order valence-electron chi connectivity index (χ3n) is 4.00. The average molecular weight is 191 g/mol. The first kappa shape index (κ1) is 9.66. The van der Waals surface area contributed by atoms with Gasteiger partial charge in [-0.3, -0.25) is 4.98 Å². The molecule has 2 heterocycles. The van der Waals surface area contributed by atoms with Crippen molar-refractivity contribution in [1.82, 2.24) is 4.98 Å². The standard InChI is InChI=1S/C12H19N2/c1-12(7-5-9-14(12,2)3)11-6-4-8-13-10-11/h4,6,8,10H,5,7,9H2,1-3H3/q+1. The van der Waals surface area contributed by atoms with Crippen LogP contribution < -0.4 is 0 Å². The normalized spacial score (nSPS) is 30.5. The van der Waals surface area contributed by atoms with Crippen LogP contribution in [0.3, 0.4) is 0 Å². The van der Waals surface area contributed by atoms with E-state index in [1.165, 1.54) is 24.9 Å². The number of hydrogen-bond donors (Lipinski definition) is 0. The van der Waals surface area contributed by atoms with Crippen LogP contribution >= 0.6 is 0 Å². The Labute approximate surface area is 86.2 Å². The summed E-state index contributed by atoms with van der Waals surface area (Å²) in [6, 6.07) is 4.25. The summed E-state index contributed by atoms with van der Waals surface area (Å²) in [5.41, 5.74) is 1.64. The second-order valence-electron chi connectivity index (χ2n) is 5.03. The number of aromatic nitrogens is 1. The lowest BCUT2D eigenvalue weighted by Gasteiger charge is -2.41. The summed E-state index contributed by atoms with van der Waals surface area (Å²) in [5, 5.41) is 0. The second kappa shape index (κ2) is 3.06. The summed E-state index contributed by atoms with van der Waals surface area (Å²) in [6.45, 7) is 3.63. The van der Waals surface area contributed by atoms with Crippen LogP contribution in [-0.2, 0) is 5.54 Å². The van der Waals surface area contributed by atoms with E-state index in [9.17, 15) is 0 Å². The molecule has 1 aromatic heterocycles. The quantitative estimate of drug-likeness (QED) is 0.620. The number of likely N-dealkylation sites (tertiary alicyclic amines) is 1. The lowest BCUT2D eigenvalue weighted by atomic mass is 9.89. The zero-order valence-corrected chi connectivity index (χ0v) is 9.33. The van der Waals surface area contributed by atoms with E-state index < -0.39 is 0 Å². The van der Waals surface area contributed by atoms with Gasteiger partial charge in [-0.05, 0) is 19.1 Å². The number of hydrogen-bond acceptors (Lipinski definition) is 1. The summed E-state index contributed by atoms with van der Waals surface area (Å²) in [7, 11) is 4.64. The van der Waals surface area contributed by atoms with Gasteiger partial charge in [0.05, 0.1) is 20.6 Å². The fourth-order valence-electron chi connectivity index (χ4n) is 2.54. The van der Waals surface area contributed by atoms with Gasteiger partial charge in [0.15, 0.2) is 0 Å². The Kier molecular flexibility index (Phi) is 2.11. The molecule has 1 unspecified atom stereocenters. The molecule has 1 atom stereocenters. The predicted molar refractivity (Wildman–Crippen MR) is 57.8 cm³/mol. The summed E-state index contributed by atoms with van der Waals surface area (Å²) in [4.78, 5) is 4.23. The van der Waals surface area contributed by atoms with Gasteiger partial charge in [0, 0.05) is 30.8 Å². The molecule has 0 spiro atoms. The molecular weight excluding hydrogens is 172 g/mol. The van der Waals surface area contributed by atoms with Crippen molar-refractivity contribution in [3.8, 4) is 0 Å². The largest absolute Gasteiger partial charge is 0.320 e. The lowest BCUT2D eigenvalue weighted by Crippen LogP contribution is -2.50. The maximum Gasteiger partial charge on any atom is 0.123 e. The van der Waals surface area contributed by atoms with Crippen LogP contribution in [0.1, 0.15) is 25.3 Å².